The molecule has 1 amide bonds. The largest absolute Gasteiger partial charge is 0.460 e. The third-order valence-corrected chi connectivity index (χ3v) is 7.07. The first-order chi connectivity index (χ1) is 16.6. The number of nitrogens with zero attached hydrogens (tertiary/aromatic N) is 2. The summed E-state index contributed by atoms with van der Waals surface area (Å²) in [5, 5.41) is 11.2. The van der Waals surface area contributed by atoms with Gasteiger partial charge in [-0.1, -0.05) is 0 Å². The molecule has 2 saturated heterocycles. The van der Waals surface area contributed by atoms with E-state index in [1.807, 2.05) is 48.5 Å². The average Bonchev–Trinajstić information content (AvgIpc) is 3.53. The number of furan rings is 1. The van der Waals surface area contributed by atoms with Crippen LogP contribution < -0.4 is 10.1 Å². The normalized spacial score (nSPS) is 22.2. The Balaban J connectivity index is 1.14. The molecule has 4 heterocycles. The first kappa shape index (κ1) is 21.0. The molecular weight excluding hydrogens is 428 g/mol. The molecule has 2 aromatic heterocycles. The summed E-state index contributed by atoms with van der Waals surface area (Å²) in [5.41, 5.74) is 2.87. The fourth-order valence-corrected chi connectivity index (χ4v) is 5.58. The first-order valence-electron chi connectivity index (χ1n) is 11.9. The van der Waals surface area contributed by atoms with E-state index < -0.39 is 0 Å². The predicted molar refractivity (Wildman–Crippen MR) is 130 cm³/mol. The number of aromatic amines is 1. The van der Waals surface area contributed by atoms with E-state index in [2.05, 4.69) is 26.5 Å². The molecule has 1 unspecified atom stereocenters. The van der Waals surface area contributed by atoms with Gasteiger partial charge in [-0.3, -0.25) is 14.8 Å². The lowest BCUT2D eigenvalue weighted by atomic mass is 9.97. The minimum absolute atomic E-state index is 0.0712. The van der Waals surface area contributed by atoms with Gasteiger partial charge in [-0.25, -0.2) is 0 Å². The van der Waals surface area contributed by atoms with Crippen LogP contribution in [-0.4, -0.2) is 39.1 Å². The van der Waals surface area contributed by atoms with E-state index in [0.29, 0.717) is 18.1 Å². The summed E-state index contributed by atoms with van der Waals surface area (Å²) in [6.07, 6.45) is 6.17. The van der Waals surface area contributed by atoms with Gasteiger partial charge in [0.15, 0.2) is 0 Å². The Morgan fingerprint density at radius 1 is 1.09 bits per heavy atom. The van der Waals surface area contributed by atoms with Crippen molar-refractivity contribution in [1.29, 1.82) is 0 Å². The minimum atomic E-state index is 0.0712. The lowest BCUT2D eigenvalue weighted by molar-refractivity contribution is -0.120. The van der Waals surface area contributed by atoms with Gasteiger partial charge in [0.2, 0.25) is 5.91 Å². The number of aromatic nitrogens is 2. The number of carbonyl (C=O) groups excluding carboxylic acids is 1. The van der Waals surface area contributed by atoms with Crippen molar-refractivity contribution in [2.45, 2.75) is 57.3 Å². The zero-order valence-corrected chi connectivity index (χ0v) is 19.2. The van der Waals surface area contributed by atoms with E-state index in [4.69, 9.17) is 9.15 Å². The number of amides is 1. The van der Waals surface area contributed by atoms with Gasteiger partial charge in [-0.15, -0.1) is 0 Å². The summed E-state index contributed by atoms with van der Waals surface area (Å²) < 4.78 is 12.3. The Labute approximate surface area is 198 Å². The quantitative estimate of drug-likeness (QED) is 0.414. The van der Waals surface area contributed by atoms with Crippen LogP contribution in [0.4, 0.5) is 0 Å². The molecule has 2 fully saturated rings. The van der Waals surface area contributed by atoms with Crippen LogP contribution in [0.1, 0.15) is 38.4 Å². The molecule has 6 rings (SSSR count). The Bertz CT molecular complexity index is 1280. The van der Waals surface area contributed by atoms with E-state index in [1.165, 1.54) is 12.8 Å². The molecule has 0 radical (unpaired) electrons. The topological polar surface area (TPSA) is 83.4 Å². The molecule has 4 aromatic rings. The number of carbonyl (C=O) groups is 1. The summed E-state index contributed by atoms with van der Waals surface area (Å²) in [6.45, 7) is 2.42. The standard InChI is InChI=1S/C27H28N4O3/c1-17(32)29-20-13-21-5-6-22(14-20)31(21)16-25-12-19-4-9-24(15-27(19)34-25)33-23-7-2-18(3-8-23)26-10-11-28-30-26/h2-4,7-12,15,20-22H,5-6,13-14,16H2,1H3,(H,28,30)(H,29,32)/t20?,21-,22+. The van der Waals surface area contributed by atoms with Gasteiger partial charge in [0.25, 0.3) is 0 Å². The van der Waals surface area contributed by atoms with Crippen LogP contribution >= 0.6 is 0 Å². The van der Waals surface area contributed by atoms with Gasteiger partial charge < -0.3 is 14.5 Å². The Hall–Kier alpha value is -3.58. The second kappa shape index (κ2) is 8.65. The minimum Gasteiger partial charge on any atom is -0.460 e. The molecule has 0 aliphatic carbocycles. The van der Waals surface area contributed by atoms with Gasteiger partial charge in [0.1, 0.15) is 22.8 Å². The lowest BCUT2D eigenvalue weighted by Gasteiger charge is -2.38. The van der Waals surface area contributed by atoms with Gasteiger partial charge >= 0.3 is 0 Å². The van der Waals surface area contributed by atoms with E-state index in [1.54, 1.807) is 13.1 Å². The number of nitrogens with one attached hydrogen (secondary N) is 2. The molecule has 0 saturated carbocycles. The van der Waals surface area contributed by atoms with Crippen molar-refractivity contribution in [3.63, 3.8) is 0 Å². The van der Waals surface area contributed by atoms with Crippen molar-refractivity contribution in [3.8, 4) is 22.8 Å². The lowest BCUT2D eigenvalue weighted by Crippen LogP contribution is -2.49. The number of hydrogen-bond donors (Lipinski definition) is 2. The van der Waals surface area contributed by atoms with Gasteiger partial charge in [0, 0.05) is 42.7 Å². The monoisotopic (exact) mass is 456 g/mol. The highest BCUT2D eigenvalue weighted by Gasteiger charge is 2.41. The van der Waals surface area contributed by atoms with Gasteiger partial charge in [-0.2, -0.15) is 5.10 Å². The molecule has 34 heavy (non-hydrogen) atoms. The maximum absolute atomic E-state index is 11.5. The highest BCUT2D eigenvalue weighted by molar-refractivity contribution is 5.79. The van der Waals surface area contributed by atoms with Gasteiger partial charge in [-0.05, 0) is 79.8 Å². The second-order valence-corrected chi connectivity index (χ2v) is 9.44. The number of benzene rings is 2. The number of fused-ring (bicyclic) bond motifs is 3. The van der Waals surface area contributed by atoms with Crippen molar-refractivity contribution in [2.75, 3.05) is 0 Å². The van der Waals surface area contributed by atoms with Gasteiger partial charge in [0.05, 0.1) is 12.2 Å². The average molecular weight is 457 g/mol. The Morgan fingerprint density at radius 3 is 2.56 bits per heavy atom. The van der Waals surface area contributed by atoms with E-state index in [0.717, 1.165) is 58.9 Å². The van der Waals surface area contributed by atoms with Crippen molar-refractivity contribution in [3.05, 3.63) is 66.6 Å². The number of rotatable bonds is 6. The van der Waals surface area contributed by atoms with E-state index in [9.17, 15) is 4.79 Å². The molecule has 2 aromatic carbocycles. The Morgan fingerprint density at radius 2 is 1.85 bits per heavy atom. The summed E-state index contributed by atoms with van der Waals surface area (Å²) in [5.74, 6) is 2.57. The highest BCUT2D eigenvalue weighted by atomic mass is 16.5. The molecule has 3 atom stereocenters. The maximum atomic E-state index is 11.5. The van der Waals surface area contributed by atoms with E-state index >= 15 is 0 Å². The fraction of sp³-hybridized carbons (Fsp3) is 0.333. The smallest absolute Gasteiger partial charge is 0.217 e. The van der Waals surface area contributed by atoms with Crippen LogP contribution in [0.2, 0.25) is 0 Å². The number of ether oxygens (including phenoxy) is 1. The predicted octanol–water partition coefficient (Wildman–Crippen LogP) is 5.25. The summed E-state index contributed by atoms with van der Waals surface area (Å²) >= 11 is 0. The number of H-pyrrole nitrogens is 1. The number of piperidine rings is 1. The third-order valence-electron chi connectivity index (χ3n) is 7.07. The van der Waals surface area contributed by atoms with Crippen LogP contribution in [0.3, 0.4) is 0 Å². The van der Waals surface area contributed by atoms with Crippen LogP contribution in [0, 0.1) is 0 Å². The van der Waals surface area contributed by atoms with Crippen molar-refractivity contribution in [2.24, 2.45) is 0 Å². The molecule has 0 spiro atoms. The number of hydrogen-bond acceptors (Lipinski definition) is 5. The van der Waals surface area contributed by atoms with Crippen LogP contribution in [0.15, 0.2) is 65.2 Å². The zero-order valence-electron chi connectivity index (χ0n) is 19.2. The molecular formula is C27H28N4O3. The van der Waals surface area contributed by atoms with Crippen LogP contribution in [0.25, 0.3) is 22.2 Å². The van der Waals surface area contributed by atoms with E-state index in [-0.39, 0.29) is 5.91 Å². The third kappa shape index (κ3) is 4.19. The highest BCUT2D eigenvalue weighted by Crippen LogP contribution is 2.38. The molecule has 174 valence electrons. The Kier molecular flexibility index (Phi) is 5.34. The summed E-state index contributed by atoms with van der Waals surface area (Å²) in [6, 6.07) is 19.3. The van der Waals surface area contributed by atoms with Crippen LogP contribution in [-0.2, 0) is 11.3 Å². The summed E-state index contributed by atoms with van der Waals surface area (Å²) in [4.78, 5) is 14.0. The molecule has 2 aliphatic heterocycles. The molecule has 2 N–H and O–H groups in total. The molecule has 7 nitrogen and oxygen atoms in total. The fourth-order valence-electron chi connectivity index (χ4n) is 5.58. The van der Waals surface area contributed by atoms with Crippen molar-refractivity contribution >= 4 is 16.9 Å². The molecule has 7 heteroatoms. The van der Waals surface area contributed by atoms with Crippen molar-refractivity contribution < 1.29 is 13.9 Å². The molecule has 2 bridgehead atoms. The maximum Gasteiger partial charge on any atom is 0.217 e. The van der Waals surface area contributed by atoms with Crippen molar-refractivity contribution in [1.82, 2.24) is 20.4 Å². The zero-order chi connectivity index (χ0) is 23.1. The summed E-state index contributed by atoms with van der Waals surface area (Å²) in [7, 11) is 0. The SMILES string of the molecule is CC(=O)NC1C[C@H]2CC[C@@H](C1)N2Cc1cc2ccc(Oc3ccc(-c4ccn[nH]4)cc3)cc2o1. The first-order valence-corrected chi connectivity index (χ1v) is 11.9. The second-order valence-electron chi connectivity index (χ2n) is 9.44. The molecule has 2 aliphatic rings. The van der Waals surface area contributed by atoms with Crippen LogP contribution in [0.5, 0.6) is 11.5 Å².